The summed E-state index contributed by atoms with van der Waals surface area (Å²) in [6, 6.07) is 0.0500. The van der Waals surface area contributed by atoms with Gasteiger partial charge in [-0.1, -0.05) is 12.8 Å². The van der Waals surface area contributed by atoms with Crippen molar-refractivity contribution in [3.8, 4) is 0 Å². The number of aliphatic hydroxyl groups is 2. The summed E-state index contributed by atoms with van der Waals surface area (Å²) in [6.07, 6.45) is 6.40. The van der Waals surface area contributed by atoms with Gasteiger partial charge in [-0.2, -0.15) is 0 Å². The summed E-state index contributed by atoms with van der Waals surface area (Å²) < 4.78 is 0. The first-order valence-corrected chi connectivity index (χ1v) is 10.1. The maximum absolute atomic E-state index is 11.8. The molecular formula is C17H35N3O4S. The molecule has 148 valence electrons. The van der Waals surface area contributed by atoms with Gasteiger partial charge < -0.3 is 26.6 Å². The fourth-order valence-corrected chi connectivity index (χ4v) is 3.45. The molecule has 0 bridgehead atoms. The second kappa shape index (κ2) is 16.6. The molecule has 2 atom stereocenters. The number of rotatable bonds is 17. The van der Waals surface area contributed by atoms with Crippen LogP contribution in [0.25, 0.3) is 0 Å². The smallest absolute Gasteiger partial charge is 0.219 e. The molecule has 0 aliphatic carbocycles. The summed E-state index contributed by atoms with van der Waals surface area (Å²) in [4.78, 5) is 22.0. The number of nitrogens with one attached hydrogen (secondary N) is 2. The molecule has 0 spiro atoms. The van der Waals surface area contributed by atoms with Gasteiger partial charge in [0.1, 0.15) is 0 Å². The Bertz CT molecular complexity index is 342. The van der Waals surface area contributed by atoms with Crippen molar-refractivity contribution in [3.05, 3.63) is 0 Å². The number of amides is 2. The van der Waals surface area contributed by atoms with Gasteiger partial charge in [0.05, 0.1) is 5.88 Å². The van der Waals surface area contributed by atoms with Crippen LogP contribution in [0.1, 0.15) is 51.9 Å². The standard InChI is InChI=1S/C17H35N3O4S/c1-14(18)16(25-13-19-12-23)7-2-3-8-17(24)20-9-5-4-6-15(10-21)11-22/h12,14-16,21-22H,2-11,13,18H2,1H3,(H,19,23)(H,20,24). The molecule has 8 heteroatoms. The van der Waals surface area contributed by atoms with E-state index in [9.17, 15) is 9.59 Å². The van der Waals surface area contributed by atoms with Crippen molar-refractivity contribution >= 4 is 24.1 Å². The van der Waals surface area contributed by atoms with Crippen LogP contribution in [0.15, 0.2) is 0 Å². The van der Waals surface area contributed by atoms with Crippen LogP contribution in [0.3, 0.4) is 0 Å². The van der Waals surface area contributed by atoms with Crippen LogP contribution in [0.5, 0.6) is 0 Å². The molecule has 0 saturated carbocycles. The first-order valence-electron chi connectivity index (χ1n) is 9.07. The number of hydrogen-bond donors (Lipinski definition) is 5. The zero-order valence-corrected chi connectivity index (χ0v) is 16.1. The van der Waals surface area contributed by atoms with Gasteiger partial charge in [0.25, 0.3) is 0 Å². The molecule has 6 N–H and O–H groups in total. The van der Waals surface area contributed by atoms with Gasteiger partial charge in [0.15, 0.2) is 0 Å². The summed E-state index contributed by atoms with van der Waals surface area (Å²) in [6.45, 7) is 2.62. The molecule has 0 aliphatic rings. The first kappa shape index (κ1) is 24.2. The number of thioether (sulfide) groups is 1. The van der Waals surface area contributed by atoms with E-state index in [1.807, 2.05) is 6.92 Å². The fourth-order valence-electron chi connectivity index (χ4n) is 2.43. The third kappa shape index (κ3) is 14.1. The molecule has 0 aliphatic heterocycles. The van der Waals surface area contributed by atoms with Gasteiger partial charge >= 0.3 is 0 Å². The minimum Gasteiger partial charge on any atom is -0.396 e. The number of aliphatic hydroxyl groups excluding tert-OH is 2. The van der Waals surface area contributed by atoms with Gasteiger partial charge in [-0.3, -0.25) is 9.59 Å². The monoisotopic (exact) mass is 377 g/mol. The molecule has 7 nitrogen and oxygen atoms in total. The number of unbranched alkanes of at least 4 members (excludes halogenated alkanes) is 2. The topological polar surface area (TPSA) is 125 Å². The van der Waals surface area contributed by atoms with Gasteiger partial charge in [0.2, 0.25) is 12.3 Å². The second-order valence-electron chi connectivity index (χ2n) is 6.35. The van der Waals surface area contributed by atoms with E-state index in [0.29, 0.717) is 25.3 Å². The van der Waals surface area contributed by atoms with E-state index in [1.54, 1.807) is 11.8 Å². The van der Waals surface area contributed by atoms with E-state index >= 15 is 0 Å². The fraction of sp³-hybridized carbons (Fsp3) is 0.882. The minimum absolute atomic E-state index is 0.00869. The van der Waals surface area contributed by atoms with Gasteiger partial charge in [-0.15, -0.1) is 11.8 Å². The number of nitrogens with two attached hydrogens (primary N) is 1. The van der Waals surface area contributed by atoms with Crippen molar-refractivity contribution in [2.24, 2.45) is 11.7 Å². The third-order valence-corrected chi connectivity index (χ3v) is 5.50. The van der Waals surface area contributed by atoms with Crippen LogP contribution in [-0.4, -0.2) is 59.5 Å². The lowest BCUT2D eigenvalue weighted by Crippen LogP contribution is -2.30. The SMILES string of the molecule is CC(N)C(CCCCC(=O)NCCCCC(CO)CO)SCNC=O. The Hall–Kier alpha value is -0.830. The highest BCUT2D eigenvalue weighted by Crippen LogP contribution is 2.19. The molecule has 0 rings (SSSR count). The summed E-state index contributed by atoms with van der Waals surface area (Å²) in [7, 11) is 0. The van der Waals surface area contributed by atoms with E-state index < -0.39 is 0 Å². The average molecular weight is 378 g/mol. The zero-order valence-electron chi connectivity index (χ0n) is 15.3. The minimum atomic E-state index is -0.0480. The van der Waals surface area contributed by atoms with Gasteiger partial charge in [0, 0.05) is 43.4 Å². The van der Waals surface area contributed by atoms with E-state index in [2.05, 4.69) is 10.6 Å². The predicted octanol–water partition coefficient (Wildman–Crippen LogP) is 0.587. The van der Waals surface area contributed by atoms with Crippen LogP contribution in [-0.2, 0) is 9.59 Å². The predicted molar refractivity (Wildman–Crippen MR) is 102 cm³/mol. The normalized spacial score (nSPS) is 13.5. The van der Waals surface area contributed by atoms with Crippen molar-refractivity contribution < 1.29 is 19.8 Å². The summed E-state index contributed by atoms with van der Waals surface area (Å²) in [5, 5.41) is 23.7. The largest absolute Gasteiger partial charge is 0.396 e. The Balaban J connectivity index is 3.66. The molecule has 0 heterocycles. The molecule has 0 aromatic heterocycles. The Labute approximate surface area is 155 Å². The second-order valence-corrected chi connectivity index (χ2v) is 7.58. The quantitative estimate of drug-likeness (QED) is 0.143. The molecule has 0 radical (unpaired) electrons. The maximum atomic E-state index is 11.8. The van der Waals surface area contributed by atoms with Crippen molar-refractivity contribution in [1.29, 1.82) is 0 Å². The first-order chi connectivity index (χ1) is 12.0. The number of hydrogen-bond acceptors (Lipinski definition) is 6. The molecule has 25 heavy (non-hydrogen) atoms. The lowest BCUT2D eigenvalue weighted by molar-refractivity contribution is -0.121. The Morgan fingerprint density at radius 3 is 2.44 bits per heavy atom. The maximum Gasteiger partial charge on any atom is 0.219 e. The highest BCUT2D eigenvalue weighted by Gasteiger charge is 2.14. The van der Waals surface area contributed by atoms with E-state index in [4.69, 9.17) is 15.9 Å². The highest BCUT2D eigenvalue weighted by atomic mass is 32.2. The van der Waals surface area contributed by atoms with Crippen LogP contribution in [0, 0.1) is 5.92 Å². The molecule has 0 fully saturated rings. The lowest BCUT2D eigenvalue weighted by atomic mass is 10.0. The van der Waals surface area contributed by atoms with E-state index in [1.165, 1.54) is 0 Å². The van der Waals surface area contributed by atoms with Gasteiger partial charge in [-0.05, 0) is 32.6 Å². The highest BCUT2D eigenvalue weighted by molar-refractivity contribution is 7.99. The van der Waals surface area contributed by atoms with Crippen molar-refractivity contribution in [2.45, 2.75) is 63.2 Å². The van der Waals surface area contributed by atoms with Crippen LogP contribution in [0.2, 0.25) is 0 Å². The van der Waals surface area contributed by atoms with E-state index in [-0.39, 0.29) is 36.3 Å². The third-order valence-electron chi connectivity index (χ3n) is 4.07. The number of carbonyl (C=O) groups excluding carboxylic acids is 2. The zero-order chi connectivity index (χ0) is 18.9. The Kier molecular flexibility index (Phi) is 16.1. The van der Waals surface area contributed by atoms with Crippen molar-refractivity contribution in [2.75, 3.05) is 25.6 Å². The van der Waals surface area contributed by atoms with Crippen LogP contribution in [0.4, 0.5) is 0 Å². The Morgan fingerprint density at radius 2 is 1.84 bits per heavy atom. The molecule has 0 aromatic carbocycles. The van der Waals surface area contributed by atoms with Crippen molar-refractivity contribution in [3.63, 3.8) is 0 Å². The van der Waals surface area contributed by atoms with E-state index in [0.717, 1.165) is 38.5 Å². The molecule has 0 aromatic rings. The molecule has 2 amide bonds. The summed E-state index contributed by atoms with van der Waals surface area (Å²) in [5.74, 6) is 0.575. The molecular weight excluding hydrogens is 342 g/mol. The molecule has 0 saturated heterocycles. The van der Waals surface area contributed by atoms with Crippen molar-refractivity contribution in [1.82, 2.24) is 10.6 Å². The number of carbonyl (C=O) groups is 2. The summed E-state index contributed by atoms with van der Waals surface area (Å²) in [5.41, 5.74) is 5.95. The lowest BCUT2D eigenvalue weighted by Gasteiger charge is -2.19. The average Bonchev–Trinajstić information content (AvgIpc) is 2.60. The van der Waals surface area contributed by atoms with Gasteiger partial charge in [-0.25, -0.2) is 0 Å². The van der Waals surface area contributed by atoms with Crippen LogP contribution >= 0.6 is 11.8 Å². The van der Waals surface area contributed by atoms with Crippen LogP contribution < -0.4 is 16.4 Å². The molecule has 2 unspecified atom stereocenters. The Morgan fingerprint density at radius 1 is 1.16 bits per heavy atom. The summed E-state index contributed by atoms with van der Waals surface area (Å²) >= 11 is 1.63.